The Balaban J connectivity index is 0.000000381. The molecule has 0 atom stereocenters. The molecule has 4 rings (SSSR count). The van der Waals surface area contributed by atoms with E-state index < -0.39 is 0 Å². The molecule has 220 valence electrons. The molecule has 0 aliphatic carbocycles. The first kappa shape index (κ1) is 35.5. The highest BCUT2D eigenvalue weighted by Crippen LogP contribution is 2.37. The molecule has 4 aromatic rings. The Hall–Kier alpha value is -2.48. The van der Waals surface area contributed by atoms with E-state index in [0.29, 0.717) is 27.2 Å². The van der Waals surface area contributed by atoms with Crippen LogP contribution in [0.5, 0.6) is 0 Å². The summed E-state index contributed by atoms with van der Waals surface area (Å²) in [6.45, 7) is 14.5. The van der Waals surface area contributed by atoms with Crippen molar-refractivity contribution in [2.45, 2.75) is 75.4 Å². The van der Waals surface area contributed by atoms with Crippen LogP contribution in [0.3, 0.4) is 0 Å². The molecule has 0 aliphatic heterocycles. The van der Waals surface area contributed by atoms with Crippen LogP contribution in [0, 0.1) is 20.8 Å². The van der Waals surface area contributed by atoms with Gasteiger partial charge in [-0.05, 0) is 99.8 Å². The summed E-state index contributed by atoms with van der Waals surface area (Å²) in [5, 5.41) is 2.89. The molecule has 9 heteroatoms. The van der Waals surface area contributed by atoms with Gasteiger partial charge in [-0.2, -0.15) is 0 Å². The predicted molar refractivity (Wildman–Crippen MR) is 173 cm³/mol. The first-order valence-electron chi connectivity index (χ1n) is 12.2. The van der Waals surface area contributed by atoms with Crippen LogP contribution in [0.1, 0.15) is 92.2 Å². The maximum absolute atomic E-state index is 11.9. The van der Waals surface area contributed by atoms with Crippen molar-refractivity contribution in [1.82, 2.24) is 9.13 Å². The standard InChI is InChI=1S/C15H18ClNO2.C14H15BrClNO2.2CH4/c1-8(2)17-10(4)9(3)14-12(15(18)19-5)6-11(16)7-13(14)17;1-7(2)17-11-6-9(16)5-10(14(18)19-4)12(11)8(3)13(17)15;;/h6-8H,1-5H3;5-7H,1-4H3;2*1H4. The van der Waals surface area contributed by atoms with E-state index in [0.717, 1.165) is 43.2 Å². The summed E-state index contributed by atoms with van der Waals surface area (Å²) in [6, 6.07) is 7.67. The van der Waals surface area contributed by atoms with Gasteiger partial charge in [-0.1, -0.05) is 38.1 Å². The first-order chi connectivity index (χ1) is 17.8. The lowest BCUT2D eigenvalue weighted by Gasteiger charge is -2.13. The Kier molecular flexibility index (Phi) is 12.4. The molecule has 0 fully saturated rings. The van der Waals surface area contributed by atoms with Gasteiger partial charge in [-0.3, -0.25) is 0 Å². The molecule has 0 radical (unpaired) electrons. The normalized spacial score (nSPS) is 10.8. The Morgan fingerprint density at radius 2 is 1.10 bits per heavy atom. The molecule has 40 heavy (non-hydrogen) atoms. The number of carbonyl (C=O) groups excluding carboxylic acids is 2. The van der Waals surface area contributed by atoms with E-state index in [-0.39, 0.29) is 32.8 Å². The van der Waals surface area contributed by atoms with Gasteiger partial charge in [0.2, 0.25) is 0 Å². The average molecular weight is 656 g/mol. The molecule has 6 nitrogen and oxygen atoms in total. The van der Waals surface area contributed by atoms with Gasteiger partial charge in [0, 0.05) is 38.6 Å². The van der Waals surface area contributed by atoms with Crippen molar-refractivity contribution in [2.24, 2.45) is 0 Å². The van der Waals surface area contributed by atoms with Crippen LogP contribution in [0.25, 0.3) is 21.8 Å². The van der Waals surface area contributed by atoms with Crippen molar-refractivity contribution in [3.05, 3.63) is 66.9 Å². The van der Waals surface area contributed by atoms with E-state index in [9.17, 15) is 9.59 Å². The molecular formula is C31H41BrCl2N2O4. The lowest BCUT2D eigenvalue weighted by molar-refractivity contribution is 0.0594. The van der Waals surface area contributed by atoms with Gasteiger partial charge in [0.25, 0.3) is 0 Å². The quantitative estimate of drug-likeness (QED) is 0.205. The molecule has 0 saturated heterocycles. The smallest absolute Gasteiger partial charge is 0.338 e. The SMILES string of the molecule is C.C.COC(=O)c1cc(Cl)cc2c1c(C)c(Br)n2C(C)C.COC(=O)c1cc(Cl)cc2c1c(C)c(C)n2C(C)C. The fraction of sp³-hybridized carbons (Fsp3) is 0.419. The van der Waals surface area contributed by atoms with Crippen molar-refractivity contribution in [2.75, 3.05) is 14.2 Å². The minimum Gasteiger partial charge on any atom is -0.465 e. The van der Waals surface area contributed by atoms with Crippen LogP contribution in [0.2, 0.25) is 10.0 Å². The molecule has 2 aromatic carbocycles. The maximum atomic E-state index is 11.9. The number of nitrogens with zero attached hydrogens (tertiary/aromatic N) is 2. The Labute approximate surface area is 256 Å². The number of halogens is 3. The van der Waals surface area contributed by atoms with Crippen molar-refractivity contribution in [1.29, 1.82) is 0 Å². The Morgan fingerprint density at radius 1 is 0.725 bits per heavy atom. The monoisotopic (exact) mass is 654 g/mol. The number of aryl methyl sites for hydroxylation is 2. The molecule has 2 heterocycles. The van der Waals surface area contributed by atoms with Gasteiger partial charge in [-0.25, -0.2) is 9.59 Å². The number of hydrogen-bond donors (Lipinski definition) is 0. The van der Waals surface area contributed by atoms with E-state index in [4.69, 9.17) is 32.7 Å². The summed E-state index contributed by atoms with van der Waals surface area (Å²) in [5.74, 6) is -0.722. The van der Waals surface area contributed by atoms with E-state index in [1.807, 2.05) is 26.0 Å². The summed E-state index contributed by atoms with van der Waals surface area (Å²) in [7, 11) is 2.76. The van der Waals surface area contributed by atoms with Crippen molar-refractivity contribution in [3.63, 3.8) is 0 Å². The molecule has 0 bridgehead atoms. The van der Waals surface area contributed by atoms with Crippen LogP contribution >= 0.6 is 39.1 Å². The lowest BCUT2D eigenvalue weighted by atomic mass is 10.1. The lowest BCUT2D eigenvalue weighted by Crippen LogP contribution is -2.04. The van der Waals surface area contributed by atoms with Crippen LogP contribution < -0.4 is 0 Å². The second kappa shape index (κ2) is 13.9. The third-order valence-electron chi connectivity index (χ3n) is 6.70. The van der Waals surface area contributed by atoms with Crippen molar-refractivity contribution >= 4 is 72.9 Å². The number of carbonyl (C=O) groups is 2. The minimum atomic E-state index is -0.371. The third kappa shape index (κ3) is 6.37. The molecule has 0 spiro atoms. The zero-order valence-corrected chi connectivity index (χ0v) is 26.2. The maximum Gasteiger partial charge on any atom is 0.338 e. The molecule has 0 saturated carbocycles. The number of rotatable bonds is 4. The fourth-order valence-electron chi connectivity index (χ4n) is 5.00. The highest BCUT2D eigenvalue weighted by molar-refractivity contribution is 9.10. The van der Waals surface area contributed by atoms with E-state index in [1.165, 1.54) is 14.2 Å². The van der Waals surface area contributed by atoms with E-state index in [1.54, 1.807) is 12.1 Å². The number of ether oxygens (including phenoxy) is 2. The second-order valence-corrected chi connectivity index (χ2v) is 11.4. The number of methoxy groups -OCH3 is 2. The predicted octanol–water partition coefficient (Wildman–Crippen LogP) is 10.3. The largest absolute Gasteiger partial charge is 0.465 e. The van der Waals surface area contributed by atoms with Crippen molar-refractivity contribution < 1.29 is 19.1 Å². The summed E-state index contributed by atoms with van der Waals surface area (Å²) >= 11 is 15.9. The number of benzene rings is 2. The highest BCUT2D eigenvalue weighted by atomic mass is 79.9. The van der Waals surface area contributed by atoms with Crippen molar-refractivity contribution in [3.8, 4) is 0 Å². The Morgan fingerprint density at radius 3 is 1.48 bits per heavy atom. The minimum absolute atomic E-state index is 0. The summed E-state index contributed by atoms with van der Waals surface area (Å²) in [5.41, 5.74) is 6.22. The van der Waals surface area contributed by atoms with Gasteiger partial charge < -0.3 is 18.6 Å². The van der Waals surface area contributed by atoms with Gasteiger partial charge in [0.05, 0.1) is 41.0 Å². The molecular weight excluding hydrogens is 615 g/mol. The van der Waals surface area contributed by atoms with Gasteiger partial charge in [0.15, 0.2) is 0 Å². The topological polar surface area (TPSA) is 62.5 Å². The Bertz CT molecular complexity index is 1430. The highest BCUT2D eigenvalue weighted by Gasteiger charge is 2.22. The molecule has 0 N–H and O–H groups in total. The summed E-state index contributed by atoms with van der Waals surface area (Å²) in [6.07, 6.45) is 0. The zero-order valence-electron chi connectivity index (χ0n) is 23.1. The third-order valence-corrected chi connectivity index (χ3v) is 8.12. The number of hydrogen-bond acceptors (Lipinski definition) is 4. The number of fused-ring (bicyclic) bond motifs is 2. The number of aromatic nitrogens is 2. The van der Waals surface area contributed by atoms with Gasteiger partial charge in [0.1, 0.15) is 0 Å². The average Bonchev–Trinajstić information content (AvgIpc) is 3.26. The van der Waals surface area contributed by atoms with E-state index >= 15 is 0 Å². The molecule has 2 aromatic heterocycles. The van der Waals surface area contributed by atoms with E-state index in [2.05, 4.69) is 59.7 Å². The molecule has 0 amide bonds. The second-order valence-electron chi connectivity index (χ2n) is 9.73. The number of esters is 2. The first-order valence-corrected chi connectivity index (χ1v) is 13.8. The fourth-order valence-corrected chi connectivity index (χ4v) is 6.22. The van der Waals surface area contributed by atoms with Crippen LogP contribution in [0.15, 0.2) is 28.9 Å². The summed E-state index contributed by atoms with van der Waals surface area (Å²) < 4.78 is 15.0. The molecule has 0 aliphatic rings. The van der Waals surface area contributed by atoms with Gasteiger partial charge in [-0.15, -0.1) is 0 Å². The van der Waals surface area contributed by atoms with Crippen LogP contribution in [-0.4, -0.2) is 35.3 Å². The van der Waals surface area contributed by atoms with Crippen LogP contribution in [-0.2, 0) is 9.47 Å². The summed E-state index contributed by atoms with van der Waals surface area (Å²) in [4.78, 5) is 23.8. The van der Waals surface area contributed by atoms with Crippen LogP contribution in [0.4, 0.5) is 0 Å². The molecule has 0 unspecified atom stereocenters. The zero-order chi connectivity index (χ0) is 28.6. The van der Waals surface area contributed by atoms with Gasteiger partial charge >= 0.3 is 11.9 Å².